The van der Waals surface area contributed by atoms with E-state index < -0.39 is 0 Å². The van der Waals surface area contributed by atoms with E-state index in [1.165, 1.54) is 5.56 Å². The number of nitrogens with zero attached hydrogens (tertiary/aromatic N) is 1. The van der Waals surface area contributed by atoms with Crippen LogP contribution in [0.4, 0.5) is 0 Å². The van der Waals surface area contributed by atoms with Crippen molar-refractivity contribution in [3.63, 3.8) is 0 Å². The lowest BCUT2D eigenvalue weighted by atomic mass is 10.1. The average molecular weight is 328 g/mol. The Kier molecular flexibility index (Phi) is 6.48. The number of amides is 1. The van der Waals surface area contributed by atoms with E-state index in [1.54, 1.807) is 12.1 Å². The van der Waals surface area contributed by atoms with Crippen molar-refractivity contribution in [1.29, 1.82) is 0 Å². The summed E-state index contributed by atoms with van der Waals surface area (Å²) < 4.78 is 0.941. The maximum absolute atomic E-state index is 11.4. The van der Waals surface area contributed by atoms with Gasteiger partial charge in [0.25, 0.3) is 5.91 Å². The summed E-state index contributed by atoms with van der Waals surface area (Å²) in [7, 11) is 0. The van der Waals surface area contributed by atoms with E-state index in [-0.39, 0.29) is 5.91 Å². The third kappa shape index (κ3) is 4.93. The number of carbonyl (C=O) groups excluding carboxylic acids is 1. The van der Waals surface area contributed by atoms with E-state index in [1.807, 2.05) is 6.07 Å². The summed E-state index contributed by atoms with van der Waals surface area (Å²) in [4.78, 5) is 13.8. The van der Waals surface area contributed by atoms with Crippen LogP contribution in [-0.4, -0.2) is 23.9 Å². The first-order valence-corrected chi connectivity index (χ1v) is 7.29. The third-order valence-electron chi connectivity index (χ3n) is 2.91. The standard InChI is InChI=1S/C14H22BrN3O/c1-4-18(8-10(2)3)9-12-6-5-11(7-13(12)15)14(19)17-16/h5-7,10H,4,8-9,16H2,1-3H3,(H,17,19). The fourth-order valence-electron chi connectivity index (χ4n) is 1.96. The molecule has 0 radical (unpaired) electrons. The molecule has 0 fully saturated rings. The molecule has 19 heavy (non-hydrogen) atoms. The number of benzene rings is 1. The first-order valence-electron chi connectivity index (χ1n) is 6.49. The Balaban J connectivity index is 2.81. The van der Waals surface area contributed by atoms with Gasteiger partial charge in [0.2, 0.25) is 0 Å². The van der Waals surface area contributed by atoms with Crippen LogP contribution >= 0.6 is 15.9 Å². The zero-order valence-corrected chi connectivity index (χ0v) is 13.3. The van der Waals surface area contributed by atoms with Gasteiger partial charge in [0, 0.05) is 23.1 Å². The number of nitrogen functional groups attached to an aromatic ring is 1. The number of rotatable bonds is 6. The number of hydrazine groups is 1. The van der Waals surface area contributed by atoms with Crippen molar-refractivity contribution in [2.75, 3.05) is 13.1 Å². The Morgan fingerprint density at radius 2 is 2.16 bits per heavy atom. The SMILES string of the molecule is CCN(Cc1ccc(C(=O)NN)cc1Br)CC(C)C. The van der Waals surface area contributed by atoms with Gasteiger partial charge >= 0.3 is 0 Å². The molecule has 1 aromatic rings. The van der Waals surface area contributed by atoms with Crippen molar-refractivity contribution < 1.29 is 4.79 Å². The second-order valence-electron chi connectivity index (χ2n) is 5.00. The molecular weight excluding hydrogens is 306 g/mol. The topological polar surface area (TPSA) is 58.4 Å². The first-order chi connectivity index (χ1) is 8.97. The third-order valence-corrected chi connectivity index (χ3v) is 3.65. The molecule has 1 aromatic carbocycles. The fourth-order valence-corrected chi connectivity index (χ4v) is 2.47. The van der Waals surface area contributed by atoms with Crippen molar-refractivity contribution in [2.24, 2.45) is 11.8 Å². The van der Waals surface area contributed by atoms with E-state index in [4.69, 9.17) is 5.84 Å². The van der Waals surface area contributed by atoms with Gasteiger partial charge in [-0.15, -0.1) is 0 Å². The molecule has 1 rings (SSSR count). The van der Waals surface area contributed by atoms with Gasteiger partial charge in [0.05, 0.1) is 0 Å². The largest absolute Gasteiger partial charge is 0.299 e. The van der Waals surface area contributed by atoms with Crippen LogP contribution in [0.2, 0.25) is 0 Å². The highest BCUT2D eigenvalue weighted by atomic mass is 79.9. The molecule has 0 saturated carbocycles. The summed E-state index contributed by atoms with van der Waals surface area (Å²) in [6.07, 6.45) is 0. The molecule has 0 atom stereocenters. The van der Waals surface area contributed by atoms with E-state index in [9.17, 15) is 4.79 Å². The molecule has 1 amide bonds. The summed E-state index contributed by atoms with van der Waals surface area (Å²) in [6.45, 7) is 9.54. The van der Waals surface area contributed by atoms with E-state index in [0.717, 1.165) is 24.1 Å². The Hall–Kier alpha value is -0.910. The maximum atomic E-state index is 11.4. The van der Waals surface area contributed by atoms with Crippen LogP contribution in [0.15, 0.2) is 22.7 Å². The molecule has 5 heteroatoms. The van der Waals surface area contributed by atoms with Gasteiger partial charge in [-0.3, -0.25) is 15.1 Å². The van der Waals surface area contributed by atoms with Crippen LogP contribution in [0.3, 0.4) is 0 Å². The van der Waals surface area contributed by atoms with E-state index in [2.05, 4.69) is 47.0 Å². The van der Waals surface area contributed by atoms with Gasteiger partial charge in [-0.2, -0.15) is 0 Å². The van der Waals surface area contributed by atoms with Gasteiger partial charge in [0.15, 0.2) is 0 Å². The molecule has 0 spiro atoms. The molecule has 0 aliphatic rings. The molecule has 0 bridgehead atoms. The zero-order valence-electron chi connectivity index (χ0n) is 11.7. The van der Waals surface area contributed by atoms with Crippen molar-refractivity contribution in [2.45, 2.75) is 27.3 Å². The number of carbonyl (C=O) groups is 1. The van der Waals surface area contributed by atoms with Crippen LogP contribution in [0, 0.1) is 5.92 Å². The van der Waals surface area contributed by atoms with Crippen molar-refractivity contribution in [1.82, 2.24) is 10.3 Å². The lowest BCUT2D eigenvalue weighted by molar-refractivity contribution is 0.0953. The van der Waals surface area contributed by atoms with Gasteiger partial charge in [-0.1, -0.05) is 42.8 Å². The van der Waals surface area contributed by atoms with Crippen LogP contribution < -0.4 is 11.3 Å². The maximum Gasteiger partial charge on any atom is 0.265 e. The molecule has 0 saturated heterocycles. The van der Waals surface area contributed by atoms with Crippen molar-refractivity contribution >= 4 is 21.8 Å². The minimum absolute atomic E-state index is 0.276. The van der Waals surface area contributed by atoms with Crippen molar-refractivity contribution in [3.8, 4) is 0 Å². The lowest BCUT2D eigenvalue weighted by Gasteiger charge is -2.23. The summed E-state index contributed by atoms with van der Waals surface area (Å²) in [5.41, 5.74) is 3.87. The molecule has 0 aliphatic carbocycles. The van der Waals surface area contributed by atoms with Gasteiger partial charge in [0.1, 0.15) is 0 Å². The summed E-state index contributed by atoms with van der Waals surface area (Å²) in [5.74, 6) is 5.49. The first kappa shape index (κ1) is 16.1. The molecular formula is C14H22BrN3O. The molecule has 0 aliphatic heterocycles. The van der Waals surface area contributed by atoms with E-state index in [0.29, 0.717) is 11.5 Å². The number of hydrogen-bond donors (Lipinski definition) is 2. The number of nitrogens with two attached hydrogens (primary N) is 1. The zero-order chi connectivity index (χ0) is 14.4. The summed E-state index contributed by atoms with van der Waals surface area (Å²) in [6, 6.07) is 5.57. The van der Waals surface area contributed by atoms with Gasteiger partial charge in [-0.05, 0) is 30.2 Å². The quantitative estimate of drug-likeness (QED) is 0.479. The molecule has 3 N–H and O–H groups in total. The molecule has 0 unspecified atom stereocenters. The smallest absolute Gasteiger partial charge is 0.265 e. The molecule has 106 valence electrons. The van der Waals surface area contributed by atoms with Gasteiger partial charge < -0.3 is 0 Å². The van der Waals surface area contributed by atoms with Crippen LogP contribution in [-0.2, 0) is 6.54 Å². The van der Waals surface area contributed by atoms with Gasteiger partial charge in [-0.25, -0.2) is 5.84 Å². The highest BCUT2D eigenvalue weighted by Gasteiger charge is 2.11. The highest BCUT2D eigenvalue weighted by Crippen LogP contribution is 2.20. The predicted octanol–water partition coefficient (Wildman–Crippen LogP) is 2.53. The minimum Gasteiger partial charge on any atom is -0.299 e. The Bertz CT molecular complexity index is 435. The Morgan fingerprint density at radius 3 is 2.63 bits per heavy atom. The summed E-state index contributed by atoms with van der Waals surface area (Å²) >= 11 is 3.52. The molecule has 0 aromatic heterocycles. The minimum atomic E-state index is -0.276. The average Bonchev–Trinajstić information content (AvgIpc) is 2.38. The predicted molar refractivity (Wildman–Crippen MR) is 81.6 cm³/mol. The van der Waals surface area contributed by atoms with E-state index >= 15 is 0 Å². The van der Waals surface area contributed by atoms with Crippen molar-refractivity contribution in [3.05, 3.63) is 33.8 Å². The monoisotopic (exact) mass is 327 g/mol. The Morgan fingerprint density at radius 1 is 1.47 bits per heavy atom. The molecule has 4 nitrogen and oxygen atoms in total. The highest BCUT2D eigenvalue weighted by molar-refractivity contribution is 9.10. The number of nitrogens with one attached hydrogen (secondary N) is 1. The molecule has 0 heterocycles. The number of hydrogen-bond acceptors (Lipinski definition) is 3. The second-order valence-corrected chi connectivity index (χ2v) is 5.86. The lowest BCUT2D eigenvalue weighted by Crippen LogP contribution is -2.30. The second kappa shape index (κ2) is 7.62. The van der Waals surface area contributed by atoms with Crippen LogP contribution in [0.1, 0.15) is 36.7 Å². The fraction of sp³-hybridized carbons (Fsp3) is 0.500. The summed E-state index contributed by atoms with van der Waals surface area (Å²) in [5, 5.41) is 0. The Labute approximate surface area is 123 Å². The van der Waals surface area contributed by atoms with Crippen LogP contribution in [0.25, 0.3) is 0 Å². The number of halogens is 1. The van der Waals surface area contributed by atoms with Crippen LogP contribution in [0.5, 0.6) is 0 Å². The normalized spacial score (nSPS) is 11.1.